The van der Waals surface area contributed by atoms with E-state index < -0.39 is 6.10 Å². The number of esters is 3. The lowest BCUT2D eigenvalue weighted by molar-refractivity contribution is -0.167. The van der Waals surface area contributed by atoms with E-state index in [1.54, 1.807) is 0 Å². The second kappa shape index (κ2) is 61.4. The van der Waals surface area contributed by atoms with Gasteiger partial charge in [0.25, 0.3) is 0 Å². The zero-order chi connectivity index (χ0) is 52.9. The summed E-state index contributed by atoms with van der Waals surface area (Å²) in [7, 11) is 0. The molecule has 0 heterocycles. The van der Waals surface area contributed by atoms with Crippen molar-refractivity contribution in [1.82, 2.24) is 0 Å². The monoisotopic (exact) mass is 1020 g/mol. The molecule has 0 amide bonds. The fourth-order valence-electron chi connectivity index (χ4n) is 9.04. The standard InChI is InChI=1S/C67H118O6/c1-4-7-10-13-16-19-21-23-25-27-29-31-33-34-35-37-38-40-42-44-46-48-51-54-57-60-66(69)72-63-64(62-71-65(68)59-56-53-50-18-15-12-9-6-3)73-67(70)61-58-55-52-49-47-45-43-41-39-36-32-30-28-26-24-22-20-17-14-11-8-5-2/h7,10,16,19,23,25,29,31,34-35,38,40,64H,4-6,8-9,11-15,17-18,20-22,24,26-28,30,32-33,36-37,39,41-63H2,1-3H3/b10-7-,19-16-,25-23-,31-29-,35-34-,40-38-. The number of allylic oxidation sites excluding steroid dienone is 12. The van der Waals surface area contributed by atoms with Gasteiger partial charge in [0.1, 0.15) is 13.2 Å². The highest BCUT2D eigenvalue weighted by molar-refractivity contribution is 5.71. The van der Waals surface area contributed by atoms with Crippen LogP contribution in [-0.2, 0) is 28.6 Å². The first-order valence-corrected chi connectivity index (χ1v) is 31.4. The van der Waals surface area contributed by atoms with Gasteiger partial charge in [0, 0.05) is 19.3 Å². The van der Waals surface area contributed by atoms with E-state index in [0.717, 1.165) is 103 Å². The molecule has 6 heteroatoms. The smallest absolute Gasteiger partial charge is 0.306 e. The van der Waals surface area contributed by atoms with Crippen LogP contribution in [0.5, 0.6) is 0 Å². The minimum Gasteiger partial charge on any atom is -0.462 e. The van der Waals surface area contributed by atoms with Crippen molar-refractivity contribution in [2.24, 2.45) is 0 Å². The molecule has 0 spiro atoms. The summed E-state index contributed by atoms with van der Waals surface area (Å²) in [6.45, 7) is 6.52. The Hall–Kier alpha value is -3.15. The Kier molecular flexibility index (Phi) is 58.7. The second-order valence-electron chi connectivity index (χ2n) is 21.0. The van der Waals surface area contributed by atoms with Gasteiger partial charge in [0.05, 0.1) is 0 Å². The fourth-order valence-corrected chi connectivity index (χ4v) is 9.04. The molecule has 1 unspecified atom stereocenters. The van der Waals surface area contributed by atoms with Crippen molar-refractivity contribution in [3.8, 4) is 0 Å². The van der Waals surface area contributed by atoms with Crippen molar-refractivity contribution in [1.29, 1.82) is 0 Å². The Bertz CT molecular complexity index is 1360. The van der Waals surface area contributed by atoms with E-state index in [0.29, 0.717) is 19.3 Å². The average molecular weight is 1020 g/mol. The predicted molar refractivity (Wildman–Crippen MR) is 316 cm³/mol. The topological polar surface area (TPSA) is 78.9 Å². The Morgan fingerprint density at radius 1 is 0.288 bits per heavy atom. The highest BCUT2D eigenvalue weighted by Crippen LogP contribution is 2.17. The molecule has 0 saturated heterocycles. The van der Waals surface area contributed by atoms with Gasteiger partial charge >= 0.3 is 17.9 Å². The average Bonchev–Trinajstić information content (AvgIpc) is 3.39. The number of hydrogen-bond donors (Lipinski definition) is 0. The molecule has 73 heavy (non-hydrogen) atoms. The molecule has 1 atom stereocenters. The van der Waals surface area contributed by atoms with E-state index in [4.69, 9.17) is 14.2 Å². The van der Waals surface area contributed by atoms with Crippen molar-refractivity contribution in [3.05, 3.63) is 72.9 Å². The van der Waals surface area contributed by atoms with Crippen LogP contribution < -0.4 is 0 Å². The summed E-state index contributed by atoms with van der Waals surface area (Å²) in [6.07, 6.45) is 79.2. The highest BCUT2D eigenvalue weighted by atomic mass is 16.6. The van der Waals surface area contributed by atoms with Gasteiger partial charge in [0.15, 0.2) is 6.10 Å². The molecule has 0 rings (SSSR count). The molecule has 0 aliphatic heterocycles. The second-order valence-corrected chi connectivity index (χ2v) is 21.0. The summed E-state index contributed by atoms with van der Waals surface area (Å²) >= 11 is 0. The van der Waals surface area contributed by atoms with Crippen molar-refractivity contribution in [2.45, 2.75) is 322 Å². The zero-order valence-corrected chi connectivity index (χ0v) is 48.4. The van der Waals surface area contributed by atoms with Gasteiger partial charge in [-0.1, -0.05) is 299 Å². The lowest BCUT2D eigenvalue weighted by Crippen LogP contribution is -2.30. The van der Waals surface area contributed by atoms with Crippen molar-refractivity contribution < 1.29 is 28.6 Å². The van der Waals surface area contributed by atoms with Crippen LogP contribution in [0.15, 0.2) is 72.9 Å². The first-order valence-electron chi connectivity index (χ1n) is 31.4. The van der Waals surface area contributed by atoms with E-state index in [2.05, 4.69) is 93.7 Å². The van der Waals surface area contributed by atoms with Gasteiger partial charge in [0.2, 0.25) is 0 Å². The van der Waals surface area contributed by atoms with Crippen LogP contribution in [0.25, 0.3) is 0 Å². The van der Waals surface area contributed by atoms with Crippen LogP contribution in [0.1, 0.15) is 316 Å². The number of unbranched alkanes of at least 4 members (excludes halogenated alkanes) is 34. The maximum atomic E-state index is 12.9. The fraction of sp³-hybridized carbons (Fsp3) is 0.776. The van der Waals surface area contributed by atoms with Gasteiger partial charge in [-0.2, -0.15) is 0 Å². The van der Waals surface area contributed by atoms with E-state index in [1.165, 1.54) is 173 Å². The Balaban J connectivity index is 4.21. The molecule has 0 saturated carbocycles. The van der Waals surface area contributed by atoms with Crippen molar-refractivity contribution >= 4 is 17.9 Å². The van der Waals surface area contributed by atoms with E-state index in [1.807, 2.05) is 0 Å². The lowest BCUT2D eigenvalue weighted by atomic mass is 10.0. The number of ether oxygens (including phenoxy) is 3. The van der Waals surface area contributed by atoms with Gasteiger partial charge in [-0.25, -0.2) is 0 Å². The molecule has 0 aliphatic rings. The first kappa shape index (κ1) is 69.8. The molecule has 0 aromatic rings. The molecule has 0 aromatic heterocycles. The van der Waals surface area contributed by atoms with Crippen LogP contribution in [0.3, 0.4) is 0 Å². The Labute approximate surface area is 453 Å². The van der Waals surface area contributed by atoms with Gasteiger partial charge in [-0.15, -0.1) is 0 Å². The summed E-state index contributed by atoms with van der Waals surface area (Å²) in [5, 5.41) is 0. The van der Waals surface area contributed by atoms with Crippen molar-refractivity contribution in [3.63, 3.8) is 0 Å². The molecule has 0 radical (unpaired) electrons. The van der Waals surface area contributed by atoms with Crippen LogP contribution in [0, 0.1) is 0 Å². The maximum absolute atomic E-state index is 12.9. The van der Waals surface area contributed by atoms with Crippen LogP contribution in [0.2, 0.25) is 0 Å². The third-order valence-electron chi connectivity index (χ3n) is 13.7. The molecule has 0 bridgehead atoms. The number of hydrogen-bond acceptors (Lipinski definition) is 6. The predicted octanol–water partition coefficient (Wildman–Crippen LogP) is 21.3. The third-order valence-corrected chi connectivity index (χ3v) is 13.7. The molecule has 0 aromatic carbocycles. The van der Waals surface area contributed by atoms with Gasteiger partial charge < -0.3 is 14.2 Å². The lowest BCUT2D eigenvalue weighted by Gasteiger charge is -2.18. The van der Waals surface area contributed by atoms with Gasteiger partial charge in [-0.05, 0) is 70.6 Å². The van der Waals surface area contributed by atoms with E-state index in [9.17, 15) is 14.4 Å². The largest absolute Gasteiger partial charge is 0.462 e. The van der Waals surface area contributed by atoms with Gasteiger partial charge in [-0.3, -0.25) is 14.4 Å². The number of carbonyl (C=O) groups is 3. The van der Waals surface area contributed by atoms with E-state index >= 15 is 0 Å². The maximum Gasteiger partial charge on any atom is 0.306 e. The molecule has 6 nitrogen and oxygen atoms in total. The third kappa shape index (κ3) is 59.6. The minimum atomic E-state index is -0.778. The molecule has 0 N–H and O–H groups in total. The van der Waals surface area contributed by atoms with Crippen LogP contribution >= 0.6 is 0 Å². The quantitative estimate of drug-likeness (QED) is 0.0261. The minimum absolute atomic E-state index is 0.0766. The molecular weight excluding hydrogens is 901 g/mol. The summed E-state index contributed by atoms with van der Waals surface area (Å²) in [4.78, 5) is 38.1. The Morgan fingerprint density at radius 3 is 0.836 bits per heavy atom. The normalized spacial score (nSPS) is 12.5. The van der Waals surface area contributed by atoms with Crippen molar-refractivity contribution in [2.75, 3.05) is 13.2 Å². The SMILES string of the molecule is CC/C=C\C/C=C\C/C=C\C/C=C\C/C=C\C/C=C\CCCCCCCCC(=O)OCC(COC(=O)CCCCCCCCCC)OC(=O)CCCCCCCCCCCCCCCCCCCCCCCC. The highest BCUT2D eigenvalue weighted by Gasteiger charge is 2.19. The summed E-state index contributed by atoms with van der Waals surface area (Å²) in [5.41, 5.74) is 0. The molecule has 0 aliphatic carbocycles. The summed E-state index contributed by atoms with van der Waals surface area (Å²) < 4.78 is 16.9. The summed E-state index contributed by atoms with van der Waals surface area (Å²) in [6, 6.07) is 0. The van der Waals surface area contributed by atoms with E-state index in [-0.39, 0.29) is 31.1 Å². The zero-order valence-electron chi connectivity index (χ0n) is 48.4. The number of rotatable bonds is 57. The van der Waals surface area contributed by atoms with Crippen LogP contribution in [0.4, 0.5) is 0 Å². The van der Waals surface area contributed by atoms with Crippen LogP contribution in [-0.4, -0.2) is 37.2 Å². The number of carbonyl (C=O) groups excluding carboxylic acids is 3. The first-order chi connectivity index (χ1) is 36.0. The summed E-state index contributed by atoms with van der Waals surface area (Å²) in [5.74, 6) is -0.881. The molecular formula is C67H118O6. The Morgan fingerprint density at radius 2 is 0.534 bits per heavy atom. The molecule has 422 valence electrons. The molecule has 0 fully saturated rings.